The van der Waals surface area contributed by atoms with Gasteiger partial charge in [0, 0.05) is 17.9 Å². The Kier molecular flexibility index (Phi) is 5.22. The van der Waals surface area contributed by atoms with Gasteiger partial charge in [-0.2, -0.15) is 0 Å². The number of carbonyl (C=O) groups is 1. The fraction of sp³-hybridized carbons (Fsp3) is 0.962. The van der Waals surface area contributed by atoms with Gasteiger partial charge in [0.1, 0.15) is 5.60 Å². The molecule has 31 heavy (non-hydrogen) atoms. The normalized spacial score (nSPS) is 46.2. The number of rotatable bonds is 1. The van der Waals surface area contributed by atoms with Crippen molar-refractivity contribution < 1.29 is 19.0 Å². The van der Waals surface area contributed by atoms with Crippen LogP contribution < -0.4 is 5.32 Å². The Morgan fingerprint density at radius 1 is 0.935 bits per heavy atom. The van der Waals surface area contributed by atoms with Crippen LogP contribution >= 0.6 is 0 Å². The molecule has 2 unspecified atom stereocenters. The number of hydrogen-bond donors (Lipinski definition) is 1. The molecule has 0 aromatic rings. The molecule has 1 amide bonds. The van der Waals surface area contributed by atoms with Gasteiger partial charge in [0.2, 0.25) is 0 Å². The summed E-state index contributed by atoms with van der Waals surface area (Å²) in [6.45, 7) is 12.4. The molecule has 5 rings (SSSR count). The highest BCUT2D eigenvalue weighted by atomic mass is 16.7. The molecule has 0 aromatic heterocycles. The summed E-state index contributed by atoms with van der Waals surface area (Å²) < 4.78 is 18.1. The molecule has 5 heteroatoms. The van der Waals surface area contributed by atoms with Crippen molar-refractivity contribution in [2.75, 3.05) is 13.2 Å². The predicted octanol–water partition coefficient (Wildman–Crippen LogP) is 5.67. The molecule has 1 saturated heterocycles. The van der Waals surface area contributed by atoms with Crippen LogP contribution in [0.1, 0.15) is 92.4 Å². The number of fused-ring (bicyclic) bond motifs is 6. The number of nitrogens with one attached hydrogen (secondary N) is 1. The van der Waals surface area contributed by atoms with Gasteiger partial charge in [-0.05, 0) is 101 Å². The lowest BCUT2D eigenvalue weighted by atomic mass is 9.45. The molecule has 0 aromatic carbocycles. The van der Waals surface area contributed by atoms with Crippen molar-refractivity contribution in [2.24, 2.45) is 34.5 Å². The first-order valence-electron chi connectivity index (χ1n) is 12.8. The third kappa shape index (κ3) is 3.44. The van der Waals surface area contributed by atoms with Crippen LogP contribution in [0.3, 0.4) is 0 Å². The topological polar surface area (TPSA) is 56.8 Å². The summed E-state index contributed by atoms with van der Waals surface area (Å²) >= 11 is 0. The highest BCUT2D eigenvalue weighted by Crippen LogP contribution is 2.69. The van der Waals surface area contributed by atoms with Crippen molar-refractivity contribution in [2.45, 2.75) is 110 Å². The van der Waals surface area contributed by atoms with E-state index in [9.17, 15) is 4.79 Å². The number of amides is 1. The molecule has 1 heterocycles. The SMILES string of the molecule is CC(C)(C)OC(=O)N[C@H]1CC[C@@]2(C)C(CC[C@@H]3C2CC[C@@]2(C)[C@H]3CCC23OCCO3)C1. The summed E-state index contributed by atoms with van der Waals surface area (Å²) in [6.07, 6.45) is 10.7. The maximum atomic E-state index is 12.3. The summed E-state index contributed by atoms with van der Waals surface area (Å²) in [4.78, 5) is 12.3. The van der Waals surface area contributed by atoms with Crippen LogP contribution in [0, 0.1) is 34.5 Å². The van der Waals surface area contributed by atoms with Gasteiger partial charge in [0.15, 0.2) is 5.79 Å². The van der Waals surface area contributed by atoms with Gasteiger partial charge in [-0.15, -0.1) is 0 Å². The summed E-state index contributed by atoms with van der Waals surface area (Å²) in [5, 5.41) is 3.18. The summed E-state index contributed by atoms with van der Waals surface area (Å²) in [7, 11) is 0. The number of alkyl carbamates (subject to hydrolysis) is 1. The molecule has 1 spiro atoms. The van der Waals surface area contributed by atoms with E-state index in [0.717, 1.165) is 50.2 Å². The second kappa shape index (κ2) is 7.35. The van der Waals surface area contributed by atoms with E-state index >= 15 is 0 Å². The summed E-state index contributed by atoms with van der Waals surface area (Å²) in [5.74, 6) is 2.77. The van der Waals surface area contributed by atoms with E-state index < -0.39 is 5.60 Å². The fourth-order valence-electron chi connectivity index (χ4n) is 8.75. The Balaban J connectivity index is 1.28. The molecule has 1 aliphatic heterocycles. The van der Waals surface area contributed by atoms with Crippen molar-refractivity contribution in [3.63, 3.8) is 0 Å². The lowest BCUT2D eigenvalue weighted by Gasteiger charge is -2.61. The van der Waals surface area contributed by atoms with Crippen LogP contribution in [0.25, 0.3) is 0 Å². The molecule has 5 nitrogen and oxygen atoms in total. The summed E-state index contributed by atoms with van der Waals surface area (Å²) in [5.41, 5.74) is 0.151. The molecular formula is C26H43NO4. The molecule has 0 radical (unpaired) electrons. The Bertz CT molecular complexity index is 711. The van der Waals surface area contributed by atoms with Gasteiger partial charge >= 0.3 is 6.09 Å². The fourth-order valence-corrected chi connectivity index (χ4v) is 8.75. The molecular weight excluding hydrogens is 390 g/mol. The standard InChI is InChI=1S/C26H43NO4/c1-23(2,3)31-22(28)27-18-8-11-24(4)17(16-18)6-7-19-20(24)9-12-25(5)21(19)10-13-26(25)29-14-15-30-26/h17-21H,6-16H2,1-5H3,(H,27,28)/t17?,18-,19+,20?,21-,24-,25-/m0/s1. The van der Waals surface area contributed by atoms with Crippen molar-refractivity contribution in [3.05, 3.63) is 0 Å². The first-order valence-corrected chi connectivity index (χ1v) is 12.8. The minimum atomic E-state index is -0.439. The van der Waals surface area contributed by atoms with Crippen LogP contribution in [0.4, 0.5) is 4.79 Å². The smallest absolute Gasteiger partial charge is 0.407 e. The van der Waals surface area contributed by atoms with Crippen molar-refractivity contribution in [1.82, 2.24) is 5.32 Å². The largest absolute Gasteiger partial charge is 0.444 e. The number of hydrogen-bond acceptors (Lipinski definition) is 4. The molecule has 7 atom stereocenters. The molecule has 4 saturated carbocycles. The first-order chi connectivity index (χ1) is 14.6. The quantitative estimate of drug-likeness (QED) is 0.579. The van der Waals surface area contributed by atoms with E-state index in [1.807, 2.05) is 20.8 Å². The second-order valence-electron chi connectivity index (χ2n) is 12.7. The Hall–Kier alpha value is -0.810. The van der Waals surface area contributed by atoms with Crippen LogP contribution in [-0.2, 0) is 14.2 Å². The lowest BCUT2D eigenvalue weighted by Crippen LogP contribution is -2.58. The summed E-state index contributed by atoms with van der Waals surface area (Å²) in [6, 6.07) is 0.258. The average Bonchev–Trinajstić information content (AvgIpc) is 3.27. The van der Waals surface area contributed by atoms with E-state index in [4.69, 9.17) is 14.2 Å². The van der Waals surface area contributed by atoms with Gasteiger partial charge in [0.25, 0.3) is 0 Å². The maximum absolute atomic E-state index is 12.3. The van der Waals surface area contributed by atoms with Gasteiger partial charge in [-0.3, -0.25) is 0 Å². The number of ether oxygens (including phenoxy) is 3. The zero-order chi connectivity index (χ0) is 22.1. The number of carbonyl (C=O) groups excluding carboxylic acids is 1. The van der Waals surface area contributed by atoms with Crippen molar-refractivity contribution in [1.29, 1.82) is 0 Å². The zero-order valence-corrected chi connectivity index (χ0v) is 20.3. The minimum absolute atomic E-state index is 0.184. The zero-order valence-electron chi connectivity index (χ0n) is 20.3. The first kappa shape index (κ1) is 22.0. The van der Waals surface area contributed by atoms with E-state index in [1.165, 1.54) is 38.5 Å². The van der Waals surface area contributed by atoms with Crippen molar-refractivity contribution >= 4 is 6.09 Å². The van der Waals surface area contributed by atoms with Crippen LogP contribution in [0.5, 0.6) is 0 Å². The van der Waals surface area contributed by atoms with E-state index in [2.05, 4.69) is 19.2 Å². The average molecular weight is 434 g/mol. The van der Waals surface area contributed by atoms with Crippen LogP contribution in [-0.4, -0.2) is 36.7 Å². The van der Waals surface area contributed by atoms with Crippen LogP contribution in [0.2, 0.25) is 0 Å². The molecule has 176 valence electrons. The highest BCUT2D eigenvalue weighted by molar-refractivity contribution is 5.68. The monoisotopic (exact) mass is 433 g/mol. The minimum Gasteiger partial charge on any atom is -0.444 e. The molecule has 1 N–H and O–H groups in total. The van der Waals surface area contributed by atoms with Gasteiger partial charge in [-0.25, -0.2) is 4.79 Å². The highest BCUT2D eigenvalue weighted by Gasteiger charge is 2.67. The van der Waals surface area contributed by atoms with Gasteiger partial charge in [-0.1, -0.05) is 13.8 Å². The van der Waals surface area contributed by atoms with Crippen LogP contribution in [0.15, 0.2) is 0 Å². The second-order valence-corrected chi connectivity index (χ2v) is 12.7. The van der Waals surface area contributed by atoms with Crippen molar-refractivity contribution in [3.8, 4) is 0 Å². The third-order valence-electron chi connectivity index (χ3n) is 10.2. The van der Waals surface area contributed by atoms with Gasteiger partial charge in [0.05, 0.1) is 13.2 Å². The maximum Gasteiger partial charge on any atom is 0.407 e. The van der Waals surface area contributed by atoms with E-state index in [-0.39, 0.29) is 23.3 Å². The molecule has 0 bridgehead atoms. The Labute approximate surface area is 188 Å². The van der Waals surface area contributed by atoms with Gasteiger partial charge < -0.3 is 19.5 Å². The molecule has 4 aliphatic carbocycles. The molecule has 5 aliphatic rings. The lowest BCUT2D eigenvalue weighted by molar-refractivity contribution is -0.247. The third-order valence-corrected chi connectivity index (χ3v) is 10.2. The molecule has 5 fully saturated rings. The predicted molar refractivity (Wildman–Crippen MR) is 120 cm³/mol. The Morgan fingerprint density at radius 3 is 2.35 bits per heavy atom. The Morgan fingerprint density at radius 2 is 1.65 bits per heavy atom. The van der Waals surface area contributed by atoms with E-state index in [1.54, 1.807) is 0 Å². The van der Waals surface area contributed by atoms with E-state index in [0.29, 0.717) is 11.3 Å².